The molecule has 1 amide bonds. The van der Waals surface area contributed by atoms with Crippen molar-refractivity contribution in [1.29, 1.82) is 0 Å². The van der Waals surface area contributed by atoms with Crippen molar-refractivity contribution >= 4 is 5.91 Å². The largest absolute Gasteiger partial charge is 0.344 e. The average Bonchev–Trinajstić information content (AvgIpc) is 2.88. The van der Waals surface area contributed by atoms with Crippen LogP contribution in [-0.4, -0.2) is 55.5 Å². The Bertz CT molecular complexity index is 227. The fourth-order valence-corrected chi connectivity index (χ4v) is 2.39. The van der Waals surface area contributed by atoms with Gasteiger partial charge in [0.15, 0.2) is 0 Å². The van der Waals surface area contributed by atoms with Gasteiger partial charge in [0.05, 0.1) is 0 Å². The van der Waals surface area contributed by atoms with Crippen LogP contribution in [0.4, 0.5) is 0 Å². The Kier molecular flexibility index (Phi) is 8.01. The quantitative estimate of drug-likeness (QED) is 0.634. The molecular weight excluding hydrogens is 226 g/mol. The minimum atomic E-state index is 0.293. The van der Waals surface area contributed by atoms with Crippen LogP contribution in [0.5, 0.6) is 0 Å². The normalized spacial score (nSPS) is 16.1. The van der Waals surface area contributed by atoms with E-state index in [2.05, 4.69) is 4.90 Å². The topological polar surface area (TPSA) is 49.6 Å². The lowest BCUT2D eigenvalue weighted by molar-refractivity contribution is -0.130. The summed E-state index contributed by atoms with van der Waals surface area (Å²) < 4.78 is 0. The van der Waals surface area contributed by atoms with Crippen LogP contribution in [0, 0.1) is 0 Å². The molecule has 1 rings (SSSR count). The number of rotatable bonds is 9. The summed E-state index contributed by atoms with van der Waals surface area (Å²) in [5, 5.41) is 0. The Hall–Kier alpha value is -0.610. The molecule has 4 heteroatoms. The lowest BCUT2D eigenvalue weighted by atomic mass is 10.1. The van der Waals surface area contributed by atoms with E-state index in [9.17, 15) is 4.79 Å². The van der Waals surface area contributed by atoms with Crippen LogP contribution in [-0.2, 0) is 4.79 Å². The van der Waals surface area contributed by atoms with E-state index in [-0.39, 0.29) is 0 Å². The van der Waals surface area contributed by atoms with E-state index < -0.39 is 0 Å². The zero-order valence-corrected chi connectivity index (χ0v) is 11.9. The van der Waals surface area contributed by atoms with E-state index in [4.69, 9.17) is 5.73 Å². The third kappa shape index (κ3) is 6.36. The summed E-state index contributed by atoms with van der Waals surface area (Å²) >= 11 is 0. The van der Waals surface area contributed by atoms with Gasteiger partial charge in [-0.3, -0.25) is 4.79 Å². The molecule has 0 unspecified atom stereocenters. The van der Waals surface area contributed by atoms with Crippen LogP contribution >= 0.6 is 0 Å². The Morgan fingerprint density at radius 3 is 2.50 bits per heavy atom. The number of likely N-dealkylation sites (tertiary alicyclic amines) is 1. The van der Waals surface area contributed by atoms with E-state index in [0.717, 1.165) is 45.3 Å². The van der Waals surface area contributed by atoms with E-state index >= 15 is 0 Å². The highest BCUT2D eigenvalue weighted by Gasteiger charge is 2.13. The molecule has 4 nitrogen and oxygen atoms in total. The lowest BCUT2D eigenvalue weighted by Gasteiger charge is -2.21. The van der Waals surface area contributed by atoms with Crippen LogP contribution < -0.4 is 5.73 Å². The maximum absolute atomic E-state index is 11.9. The molecule has 1 aliphatic heterocycles. The molecule has 0 saturated carbocycles. The highest BCUT2D eigenvalue weighted by molar-refractivity contribution is 5.75. The third-order valence-electron chi connectivity index (χ3n) is 3.72. The first-order valence-electron chi connectivity index (χ1n) is 7.40. The van der Waals surface area contributed by atoms with Crippen LogP contribution in [0.15, 0.2) is 0 Å². The number of carbonyl (C=O) groups is 1. The van der Waals surface area contributed by atoms with Gasteiger partial charge in [0.25, 0.3) is 0 Å². The van der Waals surface area contributed by atoms with Gasteiger partial charge in [0, 0.05) is 26.6 Å². The molecule has 1 heterocycles. The standard InChI is InChI=1S/C14H29N3O/c1-16(12-13-17-10-6-7-11-17)14(18)8-4-2-3-5-9-15/h2-13,15H2,1H3. The molecule has 2 N–H and O–H groups in total. The summed E-state index contributed by atoms with van der Waals surface area (Å²) in [6.45, 7) is 5.10. The second kappa shape index (κ2) is 9.34. The maximum atomic E-state index is 11.9. The predicted molar refractivity (Wildman–Crippen MR) is 75.5 cm³/mol. The molecule has 0 aromatic heterocycles. The fraction of sp³-hybridized carbons (Fsp3) is 0.929. The van der Waals surface area contributed by atoms with Gasteiger partial charge in [-0.25, -0.2) is 0 Å². The molecule has 1 aliphatic rings. The van der Waals surface area contributed by atoms with E-state index in [1.54, 1.807) is 0 Å². The lowest BCUT2D eigenvalue weighted by Crippen LogP contribution is -2.35. The number of hydrogen-bond donors (Lipinski definition) is 1. The van der Waals surface area contributed by atoms with Crippen molar-refractivity contribution < 1.29 is 4.79 Å². The van der Waals surface area contributed by atoms with Gasteiger partial charge in [-0.1, -0.05) is 12.8 Å². The van der Waals surface area contributed by atoms with Crippen molar-refractivity contribution in [3.63, 3.8) is 0 Å². The maximum Gasteiger partial charge on any atom is 0.222 e. The number of nitrogens with zero attached hydrogens (tertiary/aromatic N) is 2. The molecule has 0 bridgehead atoms. The summed E-state index contributed by atoms with van der Waals surface area (Å²) in [6, 6.07) is 0. The van der Waals surface area contributed by atoms with Gasteiger partial charge in [0.2, 0.25) is 5.91 Å². The van der Waals surface area contributed by atoms with Gasteiger partial charge < -0.3 is 15.5 Å². The molecule has 0 radical (unpaired) electrons. The van der Waals surface area contributed by atoms with Gasteiger partial charge >= 0.3 is 0 Å². The van der Waals surface area contributed by atoms with Crippen molar-refractivity contribution in [1.82, 2.24) is 9.80 Å². The highest BCUT2D eigenvalue weighted by atomic mass is 16.2. The van der Waals surface area contributed by atoms with Crippen molar-refractivity contribution in [3.05, 3.63) is 0 Å². The summed E-state index contributed by atoms with van der Waals surface area (Å²) in [4.78, 5) is 16.2. The van der Waals surface area contributed by atoms with Crippen molar-refractivity contribution in [2.75, 3.05) is 39.8 Å². The summed E-state index contributed by atoms with van der Waals surface area (Å²) in [6.07, 6.45) is 7.70. The zero-order chi connectivity index (χ0) is 13.2. The van der Waals surface area contributed by atoms with E-state index in [1.165, 1.54) is 25.9 Å². The number of likely N-dealkylation sites (N-methyl/N-ethyl adjacent to an activating group) is 1. The van der Waals surface area contributed by atoms with Crippen LogP contribution in [0.25, 0.3) is 0 Å². The molecule has 0 aromatic rings. The van der Waals surface area contributed by atoms with Crippen molar-refractivity contribution in [2.45, 2.75) is 44.9 Å². The van der Waals surface area contributed by atoms with Crippen molar-refractivity contribution in [3.8, 4) is 0 Å². The Morgan fingerprint density at radius 2 is 1.83 bits per heavy atom. The summed E-state index contributed by atoms with van der Waals surface area (Å²) in [5.41, 5.74) is 5.44. The smallest absolute Gasteiger partial charge is 0.222 e. The van der Waals surface area contributed by atoms with Gasteiger partial charge in [-0.05, 0) is 45.3 Å². The molecular formula is C14H29N3O. The minimum Gasteiger partial charge on any atom is -0.344 e. The molecule has 0 aliphatic carbocycles. The Morgan fingerprint density at radius 1 is 1.17 bits per heavy atom. The number of unbranched alkanes of at least 4 members (excludes halogenated alkanes) is 3. The Labute approximate surface area is 111 Å². The van der Waals surface area contributed by atoms with Crippen LogP contribution in [0.1, 0.15) is 44.9 Å². The van der Waals surface area contributed by atoms with E-state index in [0.29, 0.717) is 12.3 Å². The third-order valence-corrected chi connectivity index (χ3v) is 3.72. The number of hydrogen-bond acceptors (Lipinski definition) is 3. The average molecular weight is 255 g/mol. The first kappa shape index (κ1) is 15.4. The Balaban J connectivity index is 2.01. The second-order valence-electron chi connectivity index (χ2n) is 5.32. The summed E-state index contributed by atoms with van der Waals surface area (Å²) in [5.74, 6) is 0.293. The van der Waals surface area contributed by atoms with E-state index in [1.807, 2.05) is 11.9 Å². The zero-order valence-electron chi connectivity index (χ0n) is 11.9. The molecule has 0 aromatic carbocycles. The molecule has 0 spiro atoms. The monoisotopic (exact) mass is 255 g/mol. The number of nitrogens with two attached hydrogens (primary N) is 1. The highest BCUT2D eigenvalue weighted by Crippen LogP contribution is 2.07. The second-order valence-corrected chi connectivity index (χ2v) is 5.32. The minimum absolute atomic E-state index is 0.293. The van der Waals surface area contributed by atoms with Crippen LogP contribution in [0.2, 0.25) is 0 Å². The first-order chi connectivity index (χ1) is 8.74. The fourth-order valence-electron chi connectivity index (χ4n) is 2.39. The summed E-state index contributed by atoms with van der Waals surface area (Å²) in [7, 11) is 1.93. The van der Waals surface area contributed by atoms with Gasteiger partial charge in [-0.2, -0.15) is 0 Å². The number of carbonyl (C=O) groups excluding carboxylic acids is 1. The SMILES string of the molecule is CN(CCN1CCCC1)C(=O)CCCCCCN. The molecule has 18 heavy (non-hydrogen) atoms. The molecule has 1 saturated heterocycles. The van der Waals surface area contributed by atoms with Crippen molar-refractivity contribution in [2.24, 2.45) is 5.73 Å². The molecule has 0 atom stereocenters. The predicted octanol–water partition coefficient (Wildman–Crippen LogP) is 1.45. The number of amides is 1. The molecule has 106 valence electrons. The van der Waals surface area contributed by atoms with Gasteiger partial charge in [-0.15, -0.1) is 0 Å². The molecule has 1 fully saturated rings. The van der Waals surface area contributed by atoms with Crippen LogP contribution in [0.3, 0.4) is 0 Å². The first-order valence-corrected chi connectivity index (χ1v) is 7.40. The van der Waals surface area contributed by atoms with Gasteiger partial charge in [0.1, 0.15) is 0 Å².